The molecule has 0 saturated heterocycles. The van der Waals surface area contributed by atoms with Crippen LogP contribution in [0.5, 0.6) is 0 Å². The van der Waals surface area contributed by atoms with Crippen LogP contribution < -0.4 is 10.6 Å². The fraction of sp³-hybridized carbons (Fsp3) is 0.691. The first-order valence-corrected chi connectivity index (χ1v) is 29.1. The van der Waals surface area contributed by atoms with Crippen LogP contribution in [0.1, 0.15) is 170 Å². The van der Waals surface area contributed by atoms with E-state index in [1.807, 2.05) is 76.5 Å². The second kappa shape index (κ2) is 26.2. The summed E-state index contributed by atoms with van der Waals surface area (Å²) in [6.45, 7) is 27.6. The van der Waals surface area contributed by atoms with E-state index in [1.54, 1.807) is 23.9 Å². The third-order valence-corrected chi connectivity index (χ3v) is 20.8. The highest BCUT2D eigenvalue weighted by Crippen LogP contribution is 2.68. The third kappa shape index (κ3) is 15.1. The summed E-state index contributed by atoms with van der Waals surface area (Å²) < 4.78 is 32.8. The van der Waals surface area contributed by atoms with E-state index in [1.165, 1.54) is 11.8 Å². The summed E-state index contributed by atoms with van der Waals surface area (Å²) in [5.41, 5.74) is -3.20. The van der Waals surface area contributed by atoms with Crippen LogP contribution in [0.25, 0.3) is 0 Å². The largest absolute Gasteiger partial charge is 0.355 e. The van der Waals surface area contributed by atoms with Gasteiger partial charge in [0.1, 0.15) is 0 Å². The van der Waals surface area contributed by atoms with Gasteiger partial charge in [0.25, 0.3) is 10.1 Å². The first-order chi connectivity index (χ1) is 32.1. The summed E-state index contributed by atoms with van der Waals surface area (Å²) in [5, 5.41) is 17.5. The lowest BCUT2D eigenvalue weighted by atomic mass is 9.41. The van der Waals surface area contributed by atoms with Gasteiger partial charge in [-0.1, -0.05) is 160 Å². The zero-order chi connectivity index (χ0) is 52.6. The Hall–Kier alpha value is -2.80. The van der Waals surface area contributed by atoms with Crippen LogP contribution in [0, 0.1) is 43.8 Å². The normalized spacial score (nSPS) is 16.2. The maximum atomic E-state index is 15.7. The van der Waals surface area contributed by atoms with Crippen LogP contribution in [0.3, 0.4) is 0 Å². The lowest BCUT2D eigenvalue weighted by molar-refractivity contribution is -0.890. The van der Waals surface area contributed by atoms with E-state index < -0.39 is 47.4 Å². The van der Waals surface area contributed by atoms with Crippen molar-refractivity contribution in [3.05, 3.63) is 71.8 Å². The summed E-state index contributed by atoms with van der Waals surface area (Å²) >= 11 is 9.05. The average molecular weight is 1030 g/mol. The number of benzene rings is 2. The van der Waals surface area contributed by atoms with Crippen LogP contribution in [-0.2, 0) is 19.7 Å². The van der Waals surface area contributed by atoms with E-state index in [0.717, 1.165) is 22.6 Å². The zero-order valence-electron chi connectivity index (χ0n) is 44.8. The predicted octanol–water partition coefficient (Wildman–Crippen LogP) is 12.6. The van der Waals surface area contributed by atoms with E-state index in [-0.39, 0.29) is 29.2 Å². The first kappa shape index (κ1) is 62.3. The molecule has 0 aliphatic heterocycles. The van der Waals surface area contributed by atoms with Crippen molar-refractivity contribution >= 4 is 67.0 Å². The number of carbonyl (C=O) groups excluding carboxylic acids is 3. The smallest absolute Gasteiger partial charge is 0.265 e. The Morgan fingerprint density at radius 1 is 0.710 bits per heavy atom. The van der Waals surface area contributed by atoms with E-state index in [0.29, 0.717) is 93.2 Å². The number of quaternary nitrogens is 1. The molecule has 0 aliphatic carbocycles. The molecule has 0 bridgehead atoms. The van der Waals surface area contributed by atoms with Crippen molar-refractivity contribution in [3.8, 4) is 6.07 Å². The Morgan fingerprint density at radius 2 is 1.20 bits per heavy atom. The van der Waals surface area contributed by atoms with Crippen LogP contribution in [0.4, 0.5) is 0 Å². The van der Waals surface area contributed by atoms with Gasteiger partial charge in [-0.05, 0) is 87.5 Å². The van der Waals surface area contributed by atoms with Crippen molar-refractivity contribution < 1.29 is 31.8 Å². The minimum atomic E-state index is -4.05. The highest BCUT2D eigenvalue weighted by atomic mass is 32.2. The average Bonchev–Trinajstić information content (AvgIpc) is 3.31. The molecule has 3 N–H and O–H groups in total. The van der Waals surface area contributed by atoms with Crippen molar-refractivity contribution in [2.75, 3.05) is 51.8 Å². The van der Waals surface area contributed by atoms with Gasteiger partial charge in [0.2, 0.25) is 16.9 Å². The molecule has 0 aromatic heterocycles. The Morgan fingerprint density at radius 3 is 1.68 bits per heavy atom. The number of hydrogen-bond acceptors (Lipinski definition) is 9. The fourth-order valence-corrected chi connectivity index (χ4v) is 15.0. The van der Waals surface area contributed by atoms with Gasteiger partial charge >= 0.3 is 0 Å². The molecule has 0 spiro atoms. The van der Waals surface area contributed by atoms with Crippen molar-refractivity contribution in [3.63, 3.8) is 0 Å². The summed E-state index contributed by atoms with van der Waals surface area (Å²) in [6, 6.07) is 21.8. The number of thiocarbonyl (C=S) groups is 1. The molecule has 10 nitrogen and oxygen atoms in total. The minimum absolute atomic E-state index is 0.0510. The summed E-state index contributed by atoms with van der Waals surface area (Å²) in [6.07, 6.45) is 6.67. The highest BCUT2D eigenvalue weighted by molar-refractivity contribution is 8.24. The number of hydrogen-bond donors (Lipinski definition) is 3. The number of amides is 2. The summed E-state index contributed by atoms with van der Waals surface area (Å²) in [7, 11) is -0.00299. The molecule has 14 heteroatoms. The molecule has 0 saturated carbocycles. The zero-order valence-corrected chi connectivity index (χ0v) is 48.1. The molecule has 0 aliphatic rings. The quantitative estimate of drug-likeness (QED) is 0.0288. The lowest BCUT2D eigenvalue weighted by Gasteiger charge is -2.62. The molecule has 388 valence electrons. The molecule has 2 amide bonds. The Bertz CT molecular complexity index is 2140. The molecule has 2 aromatic carbocycles. The Balaban J connectivity index is 2.87. The molecule has 2 aromatic rings. The maximum Gasteiger partial charge on any atom is 0.265 e. The SMILES string of the molecule is CCCC(C)(CC(C)(C(=O)NCCSC(=O)c1ccccc1)C(CC)(CC)C(C)(CC)CC(C)(C(=O)NCCC[N+](C)(C)CCCS(=O)(=O)O)C(CC)(CC)SC(=S)c1ccccc1)C(C)(C)C#N. The van der Waals surface area contributed by atoms with Crippen LogP contribution in [0.15, 0.2) is 60.7 Å². The van der Waals surface area contributed by atoms with E-state index in [4.69, 9.17) is 12.2 Å². The van der Waals surface area contributed by atoms with Gasteiger partial charge in [0, 0.05) is 42.0 Å². The van der Waals surface area contributed by atoms with Crippen molar-refractivity contribution in [1.82, 2.24) is 10.6 Å². The number of rotatable bonds is 31. The summed E-state index contributed by atoms with van der Waals surface area (Å²) in [5.74, 6) is -0.0666. The molecule has 0 fully saturated rings. The van der Waals surface area contributed by atoms with Crippen LogP contribution >= 0.6 is 35.7 Å². The van der Waals surface area contributed by atoms with Crippen LogP contribution in [0.2, 0.25) is 0 Å². The van der Waals surface area contributed by atoms with E-state index in [2.05, 4.69) is 85.9 Å². The molecule has 2 rings (SSSR count). The molecule has 4 unspecified atom stereocenters. The van der Waals surface area contributed by atoms with Gasteiger partial charge in [0.05, 0.1) is 59.4 Å². The van der Waals surface area contributed by atoms with Gasteiger partial charge < -0.3 is 15.1 Å². The number of carbonyl (C=O) groups is 3. The van der Waals surface area contributed by atoms with Crippen molar-refractivity contribution in [1.29, 1.82) is 5.26 Å². The van der Waals surface area contributed by atoms with Crippen molar-refractivity contribution in [2.24, 2.45) is 32.5 Å². The first-order valence-electron chi connectivity index (χ1n) is 25.3. The van der Waals surface area contributed by atoms with E-state index >= 15 is 9.59 Å². The number of nitrogens with zero attached hydrogens (tertiary/aromatic N) is 2. The second-order valence-electron chi connectivity index (χ2n) is 21.6. The van der Waals surface area contributed by atoms with Gasteiger partial charge in [-0.15, -0.1) is 11.8 Å². The van der Waals surface area contributed by atoms with Gasteiger partial charge in [-0.2, -0.15) is 13.7 Å². The predicted molar refractivity (Wildman–Crippen MR) is 295 cm³/mol. The number of nitrogens with one attached hydrogen (secondary N) is 2. The highest BCUT2D eigenvalue weighted by Gasteiger charge is 2.65. The maximum absolute atomic E-state index is 15.7. The molecular formula is C55H89N4O6S4+. The molecule has 0 heterocycles. The topological polar surface area (TPSA) is 153 Å². The van der Waals surface area contributed by atoms with Crippen molar-refractivity contribution in [2.45, 2.75) is 158 Å². The van der Waals surface area contributed by atoms with Gasteiger partial charge in [-0.3, -0.25) is 18.9 Å². The second-order valence-corrected chi connectivity index (χ2v) is 26.3. The molecule has 69 heavy (non-hydrogen) atoms. The summed E-state index contributed by atoms with van der Waals surface area (Å²) in [4.78, 5) is 44.4. The lowest BCUT2D eigenvalue weighted by Crippen LogP contribution is -2.63. The number of nitriles is 1. The third-order valence-electron chi connectivity index (χ3n) is 16.7. The Labute approximate surface area is 432 Å². The minimum Gasteiger partial charge on any atom is -0.355 e. The van der Waals surface area contributed by atoms with Crippen LogP contribution in [-0.4, -0.2) is 95.1 Å². The molecule has 4 atom stereocenters. The monoisotopic (exact) mass is 1030 g/mol. The number of thioether (sulfide) groups is 2. The fourth-order valence-electron chi connectivity index (χ4n) is 11.9. The van der Waals surface area contributed by atoms with Gasteiger partial charge in [-0.25, -0.2) is 0 Å². The standard InChI is InChI=1S/C55H88N4O6S4/c1-15-33-51(10,49(7,8)42-56)41-52(11,47(61)58-35-38-67-45(60)43-29-23-21-24-30-43)54(17-3,18-4)50(9,16-2)40-53(12,55(19-5,20-6)68-46(66)44-31-25-22-26-32-44)48(62)57-34-27-36-59(13,14)37-28-39-69(63,64)65/h21-26,29-32H,15-20,27-28,33-41H2,1-14H3,(H2-,57,58,61,62,63,64,65)/p+1. The molecular weight excluding hydrogens is 941 g/mol. The van der Waals surface area contributed by atoms with E-state index in [9.17, 15) is 23.0 Å². The Kier molecular flexibility index (Phi) is 23.7. The molecule has 0 radical (unpaired) electrons. The van der Waals surface area contributed by atoms with Gasteiger partial charge in [0.15, 0.2) is 0 Å².